The van der Waals surface area contributed by atoms with Crippen molar-refractivity contribution in [1.29, 1.82) is 0 Å². The number of anilines is 1. The number of hydrogen-bond acceptors (Lipinski definition) is 7. The fourth-order valence-corrected chi connectivity index (χ4v) is 1.99. The number of ether oxygens (including phenoxy) is 1. The van der Waals surface area contributed by atoms with E-state index in [1.54, 1.807) is 24.3 Å². The zero-order valence-electron chi connectivity index (χ0n) is 12.8. The molecule has 10 heteroatoms. The molecule has 0 aliphatic carbocycles. The van der Waals surface area contributed by atoms with Crippen molar-refractivity contribution in [2.75, 3.05) is 11.9 Å². The zero-order valence-corrected chi connectivity index (χ0v) is 12.8. The van der Waals surface area contributed by atoms with Crippen LogP contribution in [0.4, 0.5) is 11.4 Å². The minimum Gasteiger partial charge on any atom is -0.484 e. The Morgan fingerprint density at radius 1 is 1.16 bits per heavy atom. The second-order valence-corrected chi connectivity index (χ2v) is 4.89. The highest BCUT2D eigenvalue weighted by molar-refractivity contribution is 5.91. The summed E-state index contributed by atoms with van der Waals surface area (Å²) in [5.74, 6) is 0.0169. The first-order valence-corrected chi connectivity index (χ1v) is 7.12. The van der Waals surface area contributed by atoms with E-state index in [2.05, 4.69) is 20.8 Å². The zero-order chi connectivity index (χ0) is 17.6. The van der Waals surface area contributed by atoms with E-state index in [1.165, 1.54) is 35.3 Å². The first-order valence-electron chi connectivity index (χ1n) is 7.12. The number of rotatable bonds is 6. The van der Waals surface area contributed by atoms with Crippen LogP contribution in [0, 0.1) is 10.1 Å². The van der Waals surface area contributed by atoms with Gasteiger partial charge in [0.15, 0.2) is 6.61 Å². The molecule has 0 bridgehead atoms. The molecule has 3 aromatic rings. The lowest BCUT2D eigenvalue weighted by molar-refractivity contribution is -0.384. The highest BCUT2D eigenvalue weighted by atomic mass is 16.6. The molecule has 1 heterocycles. The summed E-state index contributed by atoms with van der Waals surface area (Å²) in [7, 11) is 0. The Balaban J connectivity index is 1.53. The van der Waals surface area contributed by atoms with E-state index in [1.807, 2.05) is 0 Å². The Kier molecular flexibility index (Phi) is 4.60. The number of hydrogen-bond donors (Lipinski definition) is 1. The third-order valence-electron chi connectivity index (χ3n) is 3.18. The van der Waals surface area contributed by atoms with E-state index in [-0.39, 0.29) is 18.2 Å². The number of nitrogens with zero attached hydrogens (tertiary/aromatic N) is 5. The molecule has 10 nitrogen and oxygen atoms in total. The lowest BCUT2D eigenvalue weighted by atomic mass is 10.3. The van der Waals surface area contributed by atoms with Crippen LogP contribution in [0.25, 0.3) is 5.69 Å². The number of nitro groups is 1. The number of benzene rings is 2. The van der Waals surface area contributed by atoms with Crippen molar-refractivity contribution in [3.05, 3.63) is 65.0 Å². The van der Waals surface area contributed by atoms with Gasteiger partial charge in [0.1, 0.15) is 12.1 Å². The molecular formula is C15H12N6O4. The van der Waals surface area contributed by atoms with Crippen molar-refractivity contribution < 1.29 is 14.5 Å². The lowest BCUT2D eigenvalue weighted by Crippen LogP contribution is -2.20. The van der Waals surface area contributed by atoms with Gasteiger partial charge in [0.05, 0.1) is 10.6 Å². The van der Waals surface area contributed by atoms with Gasteiger partial charge in [-0.2, -0.15) is 0 Å². The molecule has 0 aliphatic heterocycles. The highest BCUT2D eigenvalue weighted by Crippen LogP contribution is 2.17. The number of amides is 1. The van der Waals surface area contributed by atoms with Gasteiger partial charge in [-0.15, -0.1) is 5.10 Å². The molecule has 0 saturated carbocycles. The van der Waals surface area contributed by atoms with E-state index in [4.69, 9.17) is 4.74 Å². The number of tetrazole rings is 1. The fourth-order valence-electron chi connectivity index (χ4n) is 1.99. The summed E-state index contributed by atoms with van der Waals surface area (Å²) >= 11 is 0. The maximum atomic E-state index is 11.9. The van der Waals surface area contributed by atoms with Crippen molar-refractivity contribution in [1.82, 2.24) is 20.2 Å². The molecule has 1 amide bonds. The lowest BCUT2D eigenvalue weighted by Gasteiger charge is -2.08. The second kappa shape index (κ2) is 7.17. The van der Waals surface area contributed by atoms with Crippen LogP contribution < -0.4 is 10.1 Å². The normalized spacial score (nSPS) is 10.2. The van der Waals surface area contributed by atoms with Gasteiger partial charge < -0.3 is 10.1 Å². The van der Waals surface area contributed by atoms with Crippen LogP contribution in [0.5, 0.6) is 5.75 Å². The Hall–Kier alpha value is -3.82. The summed E-state index contributed by atoms with van der Waals surface area (Å²) in [6.45, 7) is -0.216. The molecule has 126 valence electrons. The maximum absolute atomic E-state index is 11.9. The molecule has 0 spiro atoms. The largest absolute Gasteiger partial charge is 0.484 e. The Labute approximate surface area is 141 Å². The van der Waals surface area contributed by atoms with Crippen LogP contribution in [0.2, 0.25) is 0 Å². The van der Waals surface area contributed by atoms with Gasteiger partial charge >= 0.3 is 0 Å². The summed E-state index contributed by atoms with van der Waals surface area (Å²) in [4.78, 5) is 22.0. The van der Waals surface area contributed by atoms with Gasteiger partial charge in [-0.05, 0) is 46.8 Å². The predicted molar refractivity (Wildman–Crippen MR) is 86.4 cm³/mol. The number of nitrogens with one attached hydrogen (secondary N) is 1. The Morgan fingerprint density at radius 3 is 2.48 bits per heavy atom. The topological polar surface area (TPSA) is 125 Å². The summed E-state index contributed by atoms with van der Waals surface area (Å²) in [6, 6.07) is 12.4. The van der Waals surface area contributed by atoms with E-state index in [0.29, 0.717) is 11.4 Å². The van der Waals surface area contributed by atoms with Crippen LogP contribution in [-0.4, -0.2) is 37.6 Å². The number of non-ortho nitro benzene ring substituents is 1. The van der Waals surface area contributed by atoms with E-state index in [0.717, 1.165) is 5.69 Å². The van der Waals surface area contributed by atoms with Gasteiger partial charge in [0, 0.05) is 17.8 Å². The van der Waals surface area contributed by atoms with Crippen molar-refractivity contribution in [2.24, 2.45) is 0 Å². The SMILES string of the molecule is O=C(COc1ccc([N+](=O)[O-])cc1)Nc1ccc(-n2cnnn2)cc1. The highest BCUT2D eigenvalue weighted by Gasteiger charge is 2.07. The summed E-state index contributed by atoms with van der Waals surface area (Å²) in [6.07, 6.45) is 1.46. The van der Waals surface area contributed by atoms with Gasteiger partial charge in [-0.3, -0.25) is 14.9 Å². The quantitative estimate of drug-likeness (QED) is 0.533. The van der Waals surface area contributed by atoms with Crippen LogP contribution in [0.15, 0.2) is 54.9 Å². The van der Waals surface area contributed by atoms with E-state index in [9.17, 15) is 14.9 Å². The van der Waals surface area contributed by atoms with Crippen LogP contribution in [-0.2, 0) is 4.79 Å². The van der Waals surface area contributed by atoms with Crippen molar-refractivity contribution in [2.45, 2.75) is 0 Å². The summed E-state index contributed by atoms with van der Waals surface area (Å²) in [5.41, 5.74) is 1.30. The van der Waals surface area contributed by atoms with Gasteiger partial charge in [0.2, 0.25) is 0 Å². The second-order valence-electron chi connectivity index (χ2n) is 4.89. The maximum Gasteiger partial charge on any atom is 0.269 e. The number of carbonyl (C=O) groups excluding carboxylic acids is 1. The number of aromatic nitrogens is 4. The van der Waals surface area contributed by atoms with Crippen LogP contribution in [0.3, 0.4) is 0 Å². The molecule has 25 heavy (non-hydrogen) atoms. The minimum atomic E-state index is -0.504. The fraction of sp³-hybridized carbons (Fsp3) is 0.0667. The van der Waals surface area contributed by atoms with Gasteiger partial charge in [0.25, 0.3) is 11.6 Å². The van der Waals surface area contributed by atoms with E-state index < -0.39 is 4.92 Å². The molecular weight excluding hydrogens is 328 g/mol. The standard InChI is InChI=1S/C15H12N6O4/c22-15(9-25-14-7-5-13(6-8-14)21(23)24)17-11-1-3-12(4-2-11)20-10-16-18-19-20/h1-8,10H,9H2,(H,17,22). The van der Waals surface area contributed by atoms with Gasteiger partial charge in [-0.25, -0.2) is 4.68 Å². The van der Waals surface area contributed by atoms with Crippen molar-refractivity contribution in [3.8, 4) is 11.4 Å². The minimum absolute atomic E-state index is 0.0422. The molecule has 0 saturated heterocycles. The Bertz CT molecular complexity index is 862. The van der Waals surface area contributed by atoms with Crippen LogP contribution in [0.1, 0.15) is 0 Å². The molecule has 0 fully saturated rings. The first kappa shape index (κ1) is 16.1. The molecule has 3 rings (SSSR count). The van der Waals surface area contributed by atoms with Crippen molar-refractivity contribution in [3.63, 3.8) is 0 Å². The molecule has 0 unspecified atom stereocenters. The monoisotopic (exact) mass is 340 g/mol. The molecule has 0 atom stereocenters. The van der Waals surface area contributed by atoms with Gasteiger partial charge in [-0.1, -0.05) is 0 Å². The third-order valence-corrected chi connectivity index (χ3v) is 3.18. The summed E-state index contributed by atoms with van der Waals surface area (Å²) in [5, 5.41) is 24.1. The molecule has 0 aliphatic rings. The average Bonchev–Trinajstić information content (AvgIpc) is 3.15. The molecule has 1 N–H and O–H groups in total. The predicted octanol–water partition coefficient (Wildman–Crippen LogP) is 1.59. The molecule has 0 radical (unpaired) electrons. The summed E-state index contributed by atoms with van der Waals surface area (Å²) < 4.78 is 6.78. The smallest absolute Gasteiger partial charge is 0.269 e. The third kappa shape index (κ3) is 4.13. The van der Waals surface area contributed by atoms with Crippen molar-refractivity contribution >= 4 is 17.3 Å². The molecule has 1 aromatic heterocycles. The average molecular weight is 340 g/mol. The number of carbonyl (C=O) groups is 1. The Morgan fingerprint density at radius 2 is 1.88 bits per heavy atom. The first-order chi connectivity index (χ1) is 12.1. The van der Waals surface area contributed by atoms with E-state index >= 15 is 0 Å². The van der Waals surface area contributed by atoms with Crippen LogP contribution >= 0.6 is 0 Å². The molecule has 2 aromatic carbocycles. The number of nitro benzene ring substituents is 1.